The fourth-order valence-electron chi connectivity index (χ4n) is 2.94. The molecular weight excluding hydrogens is 430 g/mol. The van der Waals surface area contributed by atoms with Crippen molar-refractivity contribution in [1.82, 2.24) is 10.4 Å². The van der Waals surface area contributed by atoms with Gasteiger partial charge in [0.25, 0.3) is 5.91 Å². The molecule has 6 heteroatoms. The third-order valence-corrected chi connectivity index (χ3v) is 4.96. The van der Waals surface area contributed by atoms with Crippen molar-refractivity contribution in [3.05, 3.63) is 100 Å². The van der Waals surface area contributed by atoms with Crippen LogP contribution in [0.4, 0.5) is 0 Å². The van der Waals surface area contributed by atoms with E-state index in [-0.39, 0.29) is 5.91 Å². The number of rotatable bonds is 6. The number of nitrogens with zero attached hydrogens (tertiary/aromatic N) is 1. The van der Waals surface area contributed by atoms with E-state index in [2.05, 4.69) is 31.4 Å². The fourth-order valence-corrected chi connectivity index (χ4v) is 3.21. The quantitative estimate of drug-likeness (QED) is 0.312. The molecule has 0 aliphatic rings. The maximum Gasteiger partial charge on any atom is 0.275 e. The van der Waals surface area contributed by atoms with Gasteiger partial charge in [-0.15, -0.1) is 0 Å². The van der Waals surface area contributed by atoms with E-state index in [1.54, 1.807) is 24.4 Å². The highest BCUT2D eigenvalue weighted by atomic mass is 79.9. The van der Waals surface area contributed by atoms with E-state index in [9.17, 15) is 4.79 Å². The van der Waals surface area contributed by atoms with E-state index in [0.29, 0.717) is 17.9 Å². The summed E-state index contributed by atoms with van der Waals surface area (Å²) in [6.07, 6.45) is 3.48. The molecule has 4 aromatic rings. The number of ether oxygens (including phenoxy) is 1. The lowest BCUT2D eigenvalue weighted by molar-refractivity contribution is 0.0950. The Labute approximate surface area is 176 Å². The maximum absolute atomic E-state index is 12.6. The SMILES string of the molecule is O=C(N/N=C\c1c[nH]c2ccccc12)c1ccccc1OCc1ccc(Br)cc1. The van der Waals surface area contributed by atoms with Gasteiger partial charge in [-0.25, -0.2) is 5.43 Å². The molecule has 0 saturated heterocycles. The van der Waals surface area contributed by atoms with Gasteiger partial charge in [0.05, 0.1) is 11.8 Å². The van der Waals surface area contributed by atoms with E-state index < -0.39 is 0 Å². The predicted octanol–water partition coefficient (Wildman–Crippen LogP) is 5.27. The molecule has 1 amide bonds. The van der Waals surface area contributed by atoms with Crippen molar-refractivity contribution >= 4 is 39.0 Å². The standard InChI is InChI=1S/C23H18BrN3O2/c24-18-11-9-16(10-12-18)15-29-22-8-4-2-6-20(22)23(28)27-26-14-17-13-25-21-7-3-1-5-19(17)21/h1-14,25H,15H2,(H,27,28)/b26-14-. The Morgan fingerprint density at radius 2 is 1.79 bits per heavy atom. The first kappa shape index (κ1) is 19.0. The van der Waals surface area contributed by atoms with Crippen molar-refractivity contribution in [2.75, 3.05) is 0 Å². The van der Waals surface area contributed by atoms with Crippen LogP contribution in [-0.4, -0.2) is 17.1 Å². The number of para-hydroxylation sites is 2. The smallest absolute Gasteiger partial charge is 0.275 e. The van der Waals surface area contributed by atoms with Crippen LogP contribution >= 0.6 is 15.9 Å². The number of carbonyl (C=O) groups excluding carboxylic acids is 1. The van der Waals surface area contributed by atoms with E-state index in [0.717, 1.165) is 26.5 Å². The number of amides is 1. The molecule has 144 valence electrons. The highest BCUT2D eigenvalue weighted by Crippen LogP contribution is 2.20. The van der Waals surface area contributed by atoms with Crippen molar-refractivity contribution in [1.29, 1.82) is 0 Å². The topological polar surface area (TPSA) is 66.5 Å². The summed E-state index contributed by atoms with van der Waals surface area (Å²) in [6, 6.07) is 22.9. The number of hydrogen-bond acceptors (Lipinski definition) is 3. The number of aromatic nitrogens is 1. The van der Waals surface area contributed by atoms with Crippen LogP contribution in [0, 0.1) is 0 Å². The summed E-state index contributed by atoms with van der Waals surface area (Å²) in [4.78, 5) is 15.8. The van der Waals surface area contributed by atoms with Crippen LogP contribution in [0.15, 0.2) is 88.6 Å². The lowest BCUT2D eigenvalue weighted by Gasteiger charge is -2.10. The summed E-state index contributed by atoms with van der Waals surface area (Å²) in [7, 11) is 0. The molecule has 0 spiro atoms. The van der Waals surface area contributed by atoms with Crippen LogP contribution < -0.4 is 10.2 Å². The number of fused-ring (bicyclic) bond motifs is 1. The Hall–Kier alpha value is -3.38. The zero-order valence-electron chi connectivity index (χ0n) is 15.4. The van der Waals surface area contributed by atoms with E-state index >= 15 is 0 Å². The highest BCUT2D eigenvalue weighted by Gasteiger charge is 2.11. The molecule has 1 heterocycles. The van der Waals surface area contributed by atoms with Crippen LogP contribution in [0.1, 0.15) is 21.5 Å². The third-order valence-electron chi connectivity index (χ3n) is 4.43. The molecule has 0 unspecified atom stereocenters. The first-order chi connectivity index (χ1) is 14.2. The Bertz CT molecular complexity index is 1170. The summed E-state index contributed by atoms with van der Waals surface area (Å²) < 4.78 is 6.87. The monoisotopic (exact) mass is 447 g/mol. The minimum atomic E-state index is -0.326. The Morgan fingerprint density at radius 1 is 1.03 bits per heavy atom. The van der Waals surface area contributed by atoms with E-state index in [1.165, 1.54) is 0 Å². The number of halogens is 1. The largest absolute Gasteiger partial charge is 0.488 e. The Morgan fingerprint density at radius 3 is 2.66 bits per heavy atom. The molecule has 0 atom stereocenters. The minimum Gasteiger partial charge on any atom is -0.488 e. The second-order valence-electron chi connectivity index (χ2n) is 6.40. The van der Waals surface area contributed by atoms with Gasteiger partial charge in [0, 0.05) is 27.1 Å². The van der Waals surface area contributed by atoms with Crippen LogP contribution in [0.2, 0.25) is 0 Å². The Balaban J connectivity index is 1.44. The van der Waals surface area contributed by atoms with Crippen LogP contribution in [0.25, 0.3) is 10.9 Å². The van der Waals surface area contributed by atoms with Crippen molar-refractivity contribution in [3.8, 4) is 5.75 Å². The molecule has 0 radical (unpaired) electrons. The number of hydrazone groups is 1. The first-order valence-electron chi connectivity index (χ1n) is 9.06. The van der Waals surface area contributed by atoms with Gasteiger partial charge in [-0.2, -0.15) is 5.10 Å². The zero-order chi connectivity index (χ0) is 20.1. The van der Waals surface area contributed by atoms with Crippen LogP contribution in [0.5, 0.6) is 5.75 Å². The summed E-state index contributed by atoms with van der Waals surface area (Å²) in [5.41, 5.74) is 5.95. The van der Waals surface area contributed by atoms with E-state index in [4.69, 9.17) is 4.74 Å². The van der Waals surface area contributed by atoms with Gasteiger partial charge in [-0.3, -0.25) is 4.79 Å². The van der Waals surface area contributed by atoms with E-state index in [1.807, 2.05) is 60.8 Å². The summed E-state index contributed by atoms with van der Waals surface area (Å²) in [5, 5.41) is 5.15. The van der Waals surface area contributed by atoms with Gasteiger partial charge in [-0.1, -0.05) is 58.4 Å². The van der Waals surface area contributed by atoms with Gasteiger partial charge >= 0.3 is 0 Å². The number of H-pyrrole nitrogens is 1. The molecule has 4 rings (SSSR count). The van der Waals surface area contributed by atoms with Gasteiger partial charge in [0.15, 0.2) is 0 Å². The molecule has 0 saturated carbocycles. The number of benzene rings is 3. The lowest BCUT2D eigenvalue weighted by Crippen LogP contribution is -2.18. The second kappa shape index (κ2) is 8.75. The first-order valence-corrected chi connectivity index (χ1v) is 9.86. The van der Waals surface area contributed by atoms with Gasteiger partial charge in [0.2, 0.25) is 0 Å². The minimum absolute atomic E-state index is 0.326. The highest BCUT2D eigenvalue weighted by molar-refractivity contribution is 9.10. The molecule has 29 heavy (non-hydrogen) atoms. The van der Waals surface area contributed by atoms with Crippen molar-refractivity contribution in [3.63, 3.8) is 0 Å². The van der Waals surface area contributed by atoms with Crippen molar-refractivity contribution < 1.29 is 9.53 Å². The average molecular weight is 448 g/mol. The molecule has 2 N–H and O–H groups in total. The molecule has 3 aromatic carbocycles. The molecule has 1 aromatic heterocycles. The maximum atomic E-state index is 12.6. The predicted molar refractivity (Wildman–Crippen MR) is 118 cm³/mol. The van der Waals surface area contributed by atoms with Crippen molar-refractivity contribution in [2.24, 2.45) is 5.10 Å². The number of nitrogens with one attached hydrogen (secondary N) is 2. The third kappa shape index (κ3) is 4.55. The molecule has 0 bridgehead atoms. The van der Waals surface area contributed by atoms with Gasteiger partial charge < -0.3 is 9.72 Å². The normalized spacial score (nSPS) is 11.1. The van der Waals surface area contributed by atoms with Crippen LogP contribution in [-0.2, 0) is 6.61 Å². The summed E-state index contributed by atoms with van der Waals surface area (Å²) in [5.74, 6) is 0.183. The average Bonchev–Trinajstić information content (AvgIpc) is 3.17. The summed E-state index contributed by atoms with van der Waals surface area (Å²) in [6.45, 7) is 0.371. The number of hydrogen-bond donors (Lipinski definition) is 2. The fraction of sp³-hybridized carbons (Fsp3) is 0.0435. The Kier molecular flexibility index (Phi) is 5.72. The number of aromatic amines is 1. The van der Waals surface area contributed by atoms with Gasteiger partial charge in [0.1, 0.15) is 12.4 Å². The van der Waals surface area contributed by atoms with Gasteiger partial charge in [-0.05, 0) is 35.9 Å². The second-order valence-corrected chi connectivity index (χ2v) is 7.32. The molecule has 0 aliphatic carbocycles. The molecular formula is C23H18BrN3O2. The molecule has 0 fully saturated rings. The van der Waals surface area contributed by atoms with Crippen LogP contribution in [0.3, 0.4) is 0 Å². The van der Waals surface area contributed by atoms with Crippen molar-refractivity contribution in [2.45, 2.75) is 6.61 Å². The number of carbonyl (C=O) groups is 1. The molecule has 0 aliphatic heterocycles. The summed E-state index contributed by atoms with van der Waals surface area (Å²) >= 11 is 3.41. The molecule has 5 nitrogen and oxygen atoms in total. The lowest BCUT2D eigenvalue weighted by atomic mass is 10.2. The zero-order valence-corrected chi connectivity index (χ0v) is 17.0.